The van der Waals surface area contributed by atoms with Gasteiger partial charge in [-0.2, -0.15) is 0 Å². The highest BCUT2D eigenvalue weighted by Crippen LogP contribution is 2.34. The van der Waals surface area contributed by atoms with Crippen LogP contribution in [0, 0.1) is 18.8 Å². The number of nitrogens with two attached hydrogens (primary N) is 1. The van der Waals surface area contributed by atoms with Crippen LogP contribution in [0.25, 0.3) is 0 Å². The molecule has 3 nitrogen and oxygen atoms in total. The first kappa shape index (κ1) is 18.0. The number of amides is 1. The lowest BCUT2D eigenvalue weighted by Gasteiger charge is -2.30. The summed E-state index contributed by atoms with van der Waals surface area (Å²) < 4.78 is 0. The SMILES string of the molecule is Cc1ccccc1C(C)N(C)C(=O)[C@@H]1CCC[C@@H]1CN.Cl. The Morgan fingerprint density at radius 1 is 1.38 bits per heavy atom. The van der Waals surface area contributed by atoms with Crippen molar-refractivity contribution in [2.75, 3.05) is 13.6 Å². The molecule has 0 aromatic heterocycles. The maximum Gasteiger partial charge on any atom is 0.226 e. The van der Waals surface area contributed by atoms with Crippen molar-refractivity contribution >= 4 is 18.3 Å². The van der Waals surface area contributed by atoms with E-state index < -0.39 is 0 Å². The van der Waals surface area contributed by atoms with E-state index in [0.717, 1.165) is 19.3 Å². The van der Waals surface area contributed by atoms with E-state index in [9.17, 15) is 4.79 Å². The second-order valence-electron chi connectivity index (χ2n) is 6.01. The zero-order valence-electron chi connectivity index (χ0n) is 13.2. The molecule has 1 aromatic rings. The standard InChI is InChI=1S/C17H26N2O.ClH/c1-12-7-4-5-9-15(12)13(2)19(3)17(20)16-10-6-8-14(16)11-18;/h4-5,7,9,13-14,16H,6,8,10-11,18H2,1-3H3;1H/t13?,14-,16-;/m1./s1. The summed E-state index contributed by atoms with van der Waals surface area (Å²) in [5, 5.41) is 0. The van der Waals surface area contributed by atoms with E-state index in [1.54, 1.807) is 0 Å². The van der Waals surface area contributed by atoms with Crippen LogP contribution < -0.4 is 5.73 Å². The molecule has 1 aromatic carbocycles. The second kappa shape index (κ2) is 7.81. The van der Waals surface area contributed by atoms with Crippen molar-refractivity contribution in [2.45, 2.75) is 39.2 Å². The van der Waals surface area contributed by atoms with Crippen molar-refractivity contribution in [3.05, 3.63) is 35.4 Å². The number of carbonyl (C=O) groups is 1. The normalized spacial score (nSPS) is 22.5. The Morgan fingerprint density at radius 2 is 2.05 bits per heavy atom. The second-order valence-corrected chi connectivity index (χ2v) is 6.01. The summed E-state index contributed by atoms with van der Waals surface area (Å²) >= 11 is 0. The summed E-state index contributed by atoms with van der Waals surface area (Å²) in [6.07, 6.45) is 3.22. The average Bonchev–Trinajstić information content (AvgIpc) is 2.94. The lowest BCUT2D eigenvalue weighted by molar-refractivity contribution is -0.137. The molecule has 1 fully saturated rings. The Hall–Kier alpha value is -1.06. The van der Waals surface area contributed by atoms with Gasteiger partial charge in [0.05, 0.1) is 6.04 Å². The summed E-state index contributed by atoms with van der Waals surface area (Å²) in [5.41, 5.74) is 8.27. The topological polar surface area (TPSA) is 46.3 Å². The van der Waals surface area contributed by atoms with Crippen molar-refractivity contribution in [1.29, 1.82) is 0 Å². The fraction of sp³-hybridized carbons (Fsp3) is 0.588. The van der Waals surface area contributed by atoms with E-state index in [2.05, 4.69) is 26.0 Å². The number of nitrogens with zero attached hydrogens (tertiary/aromatic N) is 1. The van der Waals surface area contributed by atoms with Gasteiger partial charge in [-0.15, -0.1) is 12.4 Å². The van der Waals surface area contributed by atoms with Crippen LogP contribution in [0.1, 0.15) is 43.4 Å². The molecule has 0 radical (unpaired) electrons. The monoisotopic (exact) mass is 310 g/mol. The highest BCUT2D eigenvalue weighted by atomic mass is 35.5. The zero-order valence-corrected chi connectivity index (χ0v) is 14.0. The van der Waals surface area contributed by atoms with Gasteiger partial charge < -0.3 is 10.6 Å². The molecule has 0 heterocycles. The number of hydrogen-bond donors (Lipinski definition) is 1. The molecule has 1 amide bonds. The average molecular weight is 311 g/mol. The van der Waals surface area contributed by atoms with Crippen molar-refractivity contribution in [3.63, 3.8) is 0 Å². The third kappa shape index (κ3) is 3.78. The van der Waals surface area contributed by atoms with Crippen LogP contribution in [0.5, 0.6) is 0 Å². The molecule has 2 rings (SSSR count). The Bertz CT molecular complexity index is 478. The molecular weight excluding hydrogens is 284 g/mol. The fourth-order valence-corrected chi connectivity index (χ4v) is 3.36. The predicted octanol–water partition coefficient (Wildman–Crippen LogP) is 3.31. The molecule has 0 spiro atoms. The zero-order chi connectivity index (χ0) is 14.7. The van der Waals surface area contributed by atoms with Gasteiger partial charge in [0.25, 0.3) is 0 Å². The van der Waals surface area contributed by atoms with Gasteiger partial charge in [0.15, 0.2) is 0 Å². The van der Waals surface area contributed by atoms with E-state index in [1.165, 1.54) is 11.1 Å². The molecule has 0 saturated heterocycles. The minimum atomic E-state index is 0. The summed E-state index contributed by atoms with van der Waals surface area (Å²) in [6, 6.07) is 8.40. The van der Waals surface area contributed by atoms with E-state index in [1.807, 2.05) is 24.1 Å². The van der Waals surface area contributed by atoms with E-state index >= 15 is 0 Å². The number of rotatable bonds is 4. The smallest absolute Gasteiger partial charge is 0.226 e. The van der Waals surface area contributed by atoms with Crippen LogP contribution in [-0.2, 0) is 4.79 Å². The molecule has 1 saturated carbocycles. The lowest BCUT2D eigenvalue weighted by atomic mass is 9.93. The van der Waals surface area contributed by atoms with Gasteiger partial charge >= 0.3 is 0 Å². The van der Waals surface area contributed by atoms with Crippen molar-refractivity contribution < 1.29 is 4.79 Å². The molecule has 4 heteroatoms. The largest absolute Gasteiger partial charge is 0.339 e. The van der Waals surface area contributed by atoms with Crippen LogP contribution in [0.3, 0.4) is 0 Å². The van der Waals surface area contributed by atoms with E-state index in [-0.39, 0.29) is 30.3 Å². The summed E-state index contributed by atoms with van der Waals surface area (Å²) in [4.78, 5) is 14.6. The highest BCUT2D eigenvalue weighted by molar-refractivity contribution is 5.85. The van der Waals surface area contributed by atoms with Gasteiger partial charge in [0, 0.05) is 13.0 Å². The first-order valence-corrected chi connectivity index (χ1v) is 7.58. The Kier molecular flexibility index (Phi) is 6.69. The van der Waals surface area contributed by atoms with Crippen molar-refractivity contribution in [1.82, 2.24) is 4.90 Å². The first-order chi connectivity index (χ1) is 9.56. The quantitative estimate of drug-likeness (QED) is 0.927. The maximum absolute atomic E-state index is 12.7. The van der Waals surface area contributed by atoms with Crippen LogP contribution in [0.15, 0.2) is 24.3 Å². The van der Waals surface area contributed by atoms with Gasteiger partial charge in [0.2, 0.25) is 5.91 Å². The number of halogens is 1. The van der Waals surface area contributed by atoms with Crippen molar-refractivity contribution in [3.8, 4) is 0 Å². The first-order valence-electron chi connectivity index (χ1n) is 7.58. The maximum atomic E-state index is 12.7. The van der Waals surface area contributed by atoms with Crippen LogP contribution in [0.2, 0.25) is 0 Å². The Morgan fingerprint density at radius 3 is 2.67 bits per heavy atom. The summed E-state index contributed by atoms with van der Waals surface area (Å²) in [5.74, 6) is 0.749. The number of hydrogen-bond acceptors (Lipinski definition) is 2. The van der Waals surface area contributed by atoms with Crippen LogP contribution in [0.4, 0.5) is 0 Å². The summed E-state index contributed by atoms with van der Waals surface area (Å²) in [7, 11) is 1.92. The molecule has 0 bridgehead atoms. The van der Waals surface area contributed by atoms with Crippen LogP contribution >= 0.6 is 12.4 Å². The molecular formula is C17H27ClN2O. The molecule has 1 unspecified atom stereocenters. The molecule has 1 aliphatic rings. The van der Waals surface area contributed by atoms with E-state index in [4.69, 9.17) is 5.73 Å². The third-order valence-electron chi connectivity index (χ3n) is 4.85. The molecule has 1 aliphatic carbocycles. The van der Waals surface area contributed by atoms with E-state index in [0.29, 0.717) is 12.5 Å². The highest BCUT2D eigenvalue weighted by Gasteiger charge is 2.35. The number of carbonyl (C=O) groups excluding carboxylic acids is 1. The number of benzene rings is 1. The van der Waals surface area contributed by atoms with Gasteiger partial charge in [-0.1, -0.05) is 30.7 Å². The number of aryl methyl sites for hydroxylation is 1. The van der Waals surface area contributed by atoms with Gasteiger partial charge in [-0.05, 0) is 50.3 Å². The molecule has 2 N–H and O–H groups in total. The minimum Gasteiger partial charge on any atom is -0.339 e. The van der Waals surface area contributed by atoms with Crippen molar-refractivity contribution in [2.24, 2.45) is 17.6 Å². The minimum absolute atomic E-state index is 0. The molecule has 0 aliphatic heterocycles. The predicted molar refractivity (Wildman–Crippen MR) is 89.5 cm³/mol. The molecule has 21 heavy (non-hydrogen) atoms. The molecule has 118 valence electrons. The van der Waals surface area contributed by atoms with Crippen LogP contribution in [-0.4, -0.2) is 24.4 Å². The Labute approximate surface area is 134 Å². The third-order valence-corrected chi connectivity index (χ3v) is 4.85. The lowest BCUT2D eigenvalue weighted by Crippen LogP contribution is -2.38. The van der Waals surface area contributed by atoms with Gasteiger partial charge in [0.1, 0.15) is 0 Å². The Balaban J connectivity index is 0.00000220. The fourth-order valence-electron chi connectivity index (χ4n) is 3.36. The molecule has 3 atom stereocenters. The summed E-state index contributed by atoms with van der Waals surface area (Å²) in [6.45, 7) is 4.83. The van der Waals surface area contributed by atoms with Gasteiger partial charge in [-0.3, -0.25) is 4.79 Å². The van der Waals surface area contributed by atoms with Gasteiger partial charge in [-0.25, -0.2) is 0 Å².